The highest BCUT2D eigenvalue weighted by molar-refractivity contribution is 7.82. The zero-order chi connectivity index (χ0) is 88.8. The Morgan fingerprint density at radius 2 is 0.891 bits per heavy atom. The number of phenolic OH excluding ortho intramolecular Hbond substituents is 1. The minimum absolute atomic E-state index is 0.130. The van der Waals surface area contributed by atoms with Gasteiger partial charge >= 0.3 is 0 Å². The van der Waals surface area contributed by atoms with Gasteiger partial charge in [-0.3, -0.25) is 81.5 Å². The molecule has 0 spiro atoms. The Balaban J connectivity index is 1.54. The first-order valence-electron chi connectivity index (χ1n) is 38.5. The number of amides is 17. The predicted molar refractivity (Wildman–Crippen MR) is 443 cm³/mol. The number of benzene rings is 3. The Morgan fingerprint density at radius 1 is 0.445 bits per heavy atom. The summed E-state index contributed by atoms with van der Waals surface area (Å²) < 4.78 is -2.85. The Kier molecular flexibility index (Phi) is 37.6. The molecule has 0 radical (unpaired) electrons. The van der Waals surface area contributed by atoms with Gasteiger partial charge in [0.05, 0.1) is 19.1 Å². The Morgan fingerprint density at radius 3 is 1.38 bits per heavy atom. The molecule has 0 aliphatic carbocycles. The lowest BCUT2D eigenvalue weighted by Gasteiger charge is -2.34. The largest absolute Gasteiger partial charge is 0.508 e. The van der Waals surface area contributed by atoms with Crippen molar-refractivity contribution in [1.82, 2.24) is 79.1 Å². The molecule has 0 unspecified atom stereocenters. The number of aliphatic hydroxyl groups excluding tert-OH is 1. The molecule has 2 heterocycles. The molecule has 5 aromatic rings. The van der Waals surface area contributed by atoms with Gasteiger partial charge in [0.25, 0.3) is 0 Å². The molecule has 27 N–H and O–H groups in total. The average molecular weight is 1700 g/mol. The van der Waals surface area contributed by atoms with E-state index < -0.39 is 221 Å². The van der Waals surface area contributed by atoms with E-state index in [0.29, 0.717) is 44.9 Å². The number of H-pyrrole nitrogens is 2. The summed E-state index contributed by atoms with van der Waals surface area (Å²) in [6.45, 7) is 10.3. The van der Waals surface area contributed by atoms with Crippen molar-refractivity contribution >= 4 is 147 Å². The van der Waals surface area contributed by atoms with E-state index in [1.54, 1.807) is 54.7 Å². The monoisotopic (exact) mass is 1700 g/mol. The van der Waals surface area contributed by atoms with Crippen LogP contribution in [0.3, 0.4) is 0 Å². The summed E-state index contributed by atoms with van der Waals surface area (Å²) >= 11 is 9.15. The van der Waals surface area contributed by atoms with E-state index in [4.69, 9.17) is 41.3 Å². The predicted octanol–water partition coefficient (Wildman–Crippen LogP) is -3.63. The number of aliphatic hydroxyl groups is 1. The van der Waals surface area contributed by atoms with Crippen LogP contribution in [0.15, 0.2) is 85.2 Å². The molecule has 0 bridgehead atoms. The molecule has 5 rings (SSSR count). The number of rotatable bonds is 50. The molecule has 17 amide bonds. The number of para-hydroxylation sites is 2. The van der Waals surface area contributed by atoms with Crippen LogP contribution in [0.2, 0.25) is 0 Å². The summed E-state index contributed by atoms with van der Waals surface area (Å²) in [7, 11) is 0. The van der Waals surface area contributed by atoms with Crippen molar-refractivity contribution in [1.29, 1.82) is 0 Å². The quantitative estimate of drug-likeness (QED) is 0.0132. The van der Waals surface area contributed by atoms with Crippen molar-refractivity contribution in [3.8, 4) is 5.75 Å². The molecular formula is C78H112N20O19S2. The van der Waals surface area contributed by atoms with Gasteiger partial charge in [-0.15, -0.1) is 0 Å². The number of aromatic amines is 2. The number of aromatic hydroxyl groups is 1. The molecule has 119 heavy (non-hydrogen) atoms. The molecule has 0 saturated heterocycles. The van der Waals surface area contributed by atoms with Gasteiger partial charge in [-0.1, -0.05) is 48.5 Å². The maximum Gasteiger partial charge on any atom is 0.246 e. The van der Waals surface area contributed by atoms with Crippen LogP contribution < -0.4 is 97.8 Å². The van der Waals surface area contributed by atoms with E-state index in [-0.39, 0.29) is 69.7 Å². The Labute approximate surface area is 697 Å². The van der Waals surface area contributed by atoms with Crippen LogP contribution in [-0.2, 0) is 101 Å². The summed E-state index contributed by atoms with van der Waals surface area (Å²) in [5.41, 5.74) is 28.1. The second-order valence-electron chi connectivity index (χ2n) is 30.4. The smallest absolute Gasteiger partial charge is 0.246 e. The third-order valence-electron chi connectivity index (χ3n) is 19.2. The van der Waals surface area contributed by atoms with Crippen molar-refractivity contribution < 1.29 is 91.7 Å². The number of aromatic nitrogens is 2. The van der Waals surface area contributed by atoms with Crippen molar-refractivity contribution in [3.63, 3.8) is 0 Å². The lowest BCUT2D eigenvalue weighted by Crippen LogP contribution is -2.65. The first-order valence-corrected chi connectivity index (χ1v) is 39.4. The van der Waals surface area contributed by atoms with Crippen molar-refractivity contribution in [2.75, 3.05) is 19.6 Å². The molecule has 0 saturated carbocycles. The number of unbranched alkanes of at least 4 members (excludes halogenated alkanes) is 2. The van der Waals surface area contributed by atoms with Gasteiger partial charge < -0.3 is 118 Å². The fraction of sp³-hybridized carbons (Fsp3) is 0.500. The number of nitrogens with one attached hydrogen (secondary N) is 15. The zero-order valence-electron chi connectivity index (χ0n) is 67.6. The summed E-state index contributed by atoms with van der Waals surface area (Å²) in [5, 5.41) is 55.8. The molecule has 650 valence electrons. The standard InChI is InChI=1S/C78H112N20O19S2/c1-40(99)62(96-67(109)52(26-28-58(80)103)90-73(115)63(76(4,5)118)88-42(3)101)72(114)93-55(34-44-37-85-49-19-11-9-17-47(44)49)70(112)89-53(27-29-59(81)104)68(110)97-64(77(6,7)119)74(116)94-54(33-43-22-24-46(102)25-23-43)69(111)91-56(35-45-38-86-50-20-12-10-18-48(45)50)71(113)98-78(8,30-14-15-31-79)75(117)95-51(21-13-16-32-84-41(2)100)66(108)92-57(36-60(82)105)65(107)87-39-61(83)106/h9-12,17-20,22-25,37-38,40,51-57,62-64,85-86,99,102,118-119H,13-16,21,26-36,39,79H2,1-8H3,(H2,80,103)(H2,81,104)(H2,82,105)(H2,83,106)(H,84,100)(H,87,107)(H,88,101)(H,89,112)(H,90,115)(H,91,111)(H,92,108)(H,93,114)(H,94,116)(H,95,117)(H,96,109)(H,97,110)(H,98,113)/t40-,51+,52+,53+,54+,55+,56+,57+,62+,63-,64-,78+/m1/s1. The Hall–Kier alpha value is -11.8. The maximum atomic E-state index is 15.5. The van der Waals surface area contributed by atoms with Gasteiger partial charge in [0.2, 0.25) is 100 Å². The van der Waals surface area contributed by atoms with Crippen LogP contribution in [0.1, 0.15) is 143 Å². The molecule has 12 atom stereocenters. The van der Waals surface area contributed by atoms with Crippen LogP contribution >= 0.6 is 25.3 Å². The van der Waals surface area contributed by atoms with Crippen LogP contribution in [0.25, 0.3) is 21.8 Å². The lowest BCUT2D eigenvalue weighted by molar-refractivity contribution is -0.138. The summed E-state index contributed by atoms with van der Waals surface area (Å²) in [4.78, 5) is 240. The minimum atomic E-state index is -1.99. The highest BCUT2D eigenvalue weighted by atomic mass is 32.1. The number of nitrogens with two attached hydrogens (primary N) is 5. The van der Waals surface area contributed by atoms with Gasteiger partial charge in [0.15, 0.2) is 0 Å². The Bertz CT molecular complexity index is 4470. The highest BCUT2D eigenvalue weighted by Gasteiger charge is 2.44. The SMILES string of the molecule is CC(=O)NCCCC[C@H](NC(=O)[C@](C)(CCCCN)NC(=O)[C@H](Cc1c[nH]c2ccccc12)NC(=O)[C@H](Cc1ccc(O)cc1)NC(=O)[C@@H](NC(=O)[C@H](CCC(N)=O)NC(=O)[C@H](Cc1c[nH]c2ccccc12)NC(=O)[C@@H](NC(=O)[C@H](CCC(N)=O)NC(=O)[C@@H](NC(C)=O)C(C)(C)S)[C@@H](C)O)C(C)(C)S)C(=O)N[C@@H](CC(N)=O)C(=O)NCC(N)=O. The number of fused-ring (bicyclic) bond motifs is 2. The van der Waals surface area contributed by atoms with Crippen LogP contribution in [0, 0.1) is 0 Å². The third-order valence-corrected chi connectivity index (χ3v) is 19.7. The number of carbonyl (C=O) groups is 17. The fourth-order valence-electron chi connectivity index (χ4n) is 12.7. The molecular weight excluding hydrogens is 1590 g/mol. The van der Waals surface area contributed by atoms with Crippen molar-refractivity contribution in [2.45, 2.75) is 227 Å². The molecule has 39 nitrogen and oxygen atoms in total. The van der Waals surface area contributed by atoms with E-state index in [0.717, 1.165) is 13.8 Å². The molecule has 0 fully saturated rings. The van der Waals surface area contributed by atoms with Crippen LogP contribution in [0.5, 0.6) is 5.75 Å². The zero-order valence-corrected chi connectivity index (χ0v) is 69.4. The van der Waals surface area contributed by atoms with E-state index in [9.17, 15) is 63.0 Å². The molecule has 41 heteroatoms. The van der Waals surface area contributed by atoms with E-state index in [2.05, 4.69) is 91.7 Å². The molecule has 2 aromatic heterocycles. The fourth-order valence-corrected chi connectivity index (χ4v) is 13.1. The van der Waals surface area contributed by atoms with Gasteiger partial charge in [-0.25, -0.2) is 0 Å². The van der Waals surface area contributed by atoms with Gasteiger partial charge in [0, 0.05) is 96.2 Å². The average Bonchev–Trinajstić information content (AvgIpc) is 1.25. The van der Waals surface area contributed by atoms with E-state index in [1.807, 2.05) is 0 Å². The number of carbonyl (C=O) groups excluding carboxylic acids is 17. The normalized spacial score (nSPS) is 14.7. The van der Waals surface area contributed by atoms with Gasteiger partial charge in [0.1, 0.15) is 71.7 Å². The van der Waals surface area contributed by atoms with Crippen molar-refractivity contribution in [2.24, 2.45) is 28.7 Å². The van der Waals surface area contributed by atoms with E-state index >= 15 is 28.8 Å². The van der Waals surface area contributed by atoms with Crippen molar-refractivity contribution in [3.05, 3.63) is 102 Å². The first-order chi connectivity index (χ1) is 55.8. The van der Waals surface area contributed by atoms with Gasteiger partial charge in [-0.05, 0) is 140 Å². The highest BCUT2D eigenvalue weighted by Crippen LogP contribution is 2.26. The minimum Gasteiger partial charge on any atom is -0.508 e. The molecule has 0 aliphatic heterocycles. The number of hydrogen-bond acceptors (Lipinski definition) is 22. The second-order valence-corrected chi connectivity index (χ2v) is 32.7. The number of primary amides is 4. The van der Waals surface area contributed by atoms with E-state index in [1.165, 1.54) is 72.0 Å². The topological polar surface area (TPSA) is 649 Å². The van der Waals surface area contributed by atoms with Gasteiger partial charge in [-0.2, -0.15) is 25.3 Å². The maximum absolute atomic E-state index is 15.5. The number of hydrogen-bond donors (Lipinski definition) is 24. The second kappa shape index (κ2) is 45.8. The third kappa shape index (κ3) is 31.8. The summed E-state index contributed by atoms with van der Waals surface area (Å²) in [5.74, 6) is -16.7. The molecule has 3 aromatic carbocycles. The molecule has 0 aliphatic rings. The summed E-state index contributed by atoms with van der Waals surface area (Å²) in [6.07, 6.45) is -1.93. The van der Waals surface area contributed by atoms with Crippen LogP contribution in [-0.4, -0.2) is 222 Å². The summed E-state index contributed by atoms with van der Waals surface area (Å²) in [6, 6.07) is 2.40. The lowest BCUT2D eigenvalue weighted by atomic mass is 9.91. The van der Waals surface area contributed by atoms with Crippen LogP contribution in [0.4, 0.5) is 0 Å². The number of thiol groups is 2. The number of phenols is 1. The first kappa shape index (κ1) is 97.7.